The summed E-state index contributed by atoms with van der Waals surface area (Å²) in [6, 6.07) is 5.14. The lowest BCUT2D eigenvalue weighted by Crippen LogP contribution is -2.38. The number of benzene rings is 1. The SMILES string of the molecule is CC(C)(N)CCC(=O)N1CCc2ccc(C(=O)O)cc2C1. The Morgan fingerprint density at radius 3 is 2.67 bits per heavy atom. The van der Waals surface area contributed by atoms with E-state index in [4.69, 9.17) is 10.8 Å². The van der Waals surface area contributed by atoms with E-state index >= 15 is 0 Å². The first-order chi connectivity index (χ1) is 9.76. The highest BCUT2D eigenvalue weighted by atomic mass is 16.4. The molecule has 5 heteroatoms. The molecule has 1 aliphatic rings. The maximum atomic E-state index is 12.2. The number of nitrogens with zero attached hydrogens (tertiary/aromatic N) is 1. The highest BCUT2D eigenvalue weighted by Crippen LogP contribution is 2.22. The van der Waals surface area contributed by atoms with Crippen molar-refractivity contribution in [2.45, 2.75) is 45.2 Å². The van der Waals surface area contributed by atoms with Gasteiger partial charge in [-0.25, -0.2) is 4.79 Å². The molecule has 0 radical (unpaired) electrons. The molecule has 0 atom stereocenters. The van der Waals surface area contributed by atoms with Gasteiger partial charge in [0.2, 0.25) is 5.91 Å². The zero-order valence-electron chi connectivity index (χ0n) is 12.6. The van der Waals surface area contributed by atoms with Gasteiger partial charge >= 0.3 is 5.97 Å². The predicted octanol–water partition coefficient (Wildman–Crippen LogP) is 1.79. The Morgan fingerprint density at radius 2 is 2.05 bits per heavy atom. The van der Waals surface area contributed by atoms with Crippen molar-refractivity contribution < 1.29 is 14.7 Å². The number of carboxylic acid groups (broad SMARTS) is 1. The summed E-state index contributed by atoms with van der Waals surface area (Å²) in [4.78, 5) is 25.0. The molecule has 21 heavy (non-hydrogen) atoms. The van der Waals surface area contributed by atoms with Gasteiger partial charge in [-0.15, -0.1) is 0 Å². The number of carbonyl (C=O) groups is 2. The van der Waals surface area contributed by atoms with E-state index in [0.29, 0.717) is 25.9 Å². The van der Waals surface area contributed by atoms with E-state index in [2.05, 4.69) is 0 Å². The maximum Gasteiger partial charge on any atom is 0.335 e. The van der Waals surface area contributed by atoms with Crippen LogP contribution in [0.1, 0.15) is 48.2 Å². The minimum Gasteiger partial charge on any atom is -0.478 e. The average molecular weight is 290 g/mol. The molecule has 114 valence electrons. The molecule has 0 fully saturated rings. The van der Waals surface area contributed by atoms with Crippen molar-refractivity contribution in [1.82, 2.24) is 4.90 Å². The summed E-state index contributed by atoms with van der Waals surface area (Å²) >= 11 is 0. The van der Waals surface area contributed by atoms with E-state index in [-0.39, 0.29) is 17.0 Å². The molecule has 1 aliphatic heterocycles. The van der Waals surface area contributed by atoms with E-state index in [0.717, 1.165) is 17.5 Å². The van der Waals surface area contributed by atoms with Crippen LogP contribution in [-0.4, -0.2) is 34.0 Å². The number of carboxylic acids is 1. The molecule has 3 N–H and O–H groups in total. The van der Waals surface area contributed by atoms with Crippen LogP contribution in [0.25, 0.3) is 0 Å². The summed E-state index contributed by atoms with van der Waals surface area (Å²) in [6.45, 7) is 4.99. The number of hydrogen-bond donors (Lipinski definition) is 2. The Morgan fingerprint density at radius 1 is 1.33 bits per heavy atom. The molecule has 0 saturated carbocycles. The molecular formula is C16H22N2O3. The Labute approximate surface area is 124 Å². The van der Waals surface area contributed by atoms with Crippen LogP contribution in [0, 0.1) is 0 Å². The Bertz CT molecular complexity index is 561. The average Bonchev–Trinajstić information content (AvgIpc) is 2.42. The molecule has 0 saturated heterocycles. The van der Waals surface area contributed by atoms with Gasteiger partial charge in [-0.05, 0) is 49.9 Å². The maximum absolute atomic E-state index is 12.2. The lowest BCUT2D eigenvalue weighted by atomic mass is 9.96. The summed E-state index contributed by atoms with van der Waals surface area (Å²) in [5.74, 6) is -0.856. The molecule has 0 aromatic heterocycles. The van der Waals surface area contributed by atoms with Crippen molar-refractivity contribution in [1.29, 1.82) is 0 Å². The van der Waals surface area contributed by atoms with E-state index < -0.39 is 5.97 Å². The van der Waals surface area contributed by atoms with Crippen molar-refractivity contribution in [3.63, 3.8) is 0 Å². The Kier molecular flexibility index (Phi) is 4.32. The molecule has 1 heterocycles. The van der Waals surface area contributed by atoms with Crippen molar-refractivity contribution >= 4 is 11.9 Å². The fraction of sp³-hybridized carbons (Fsp3) is 0.500. The van der Waals surface area contributed by atoms with Crippen LogP contribution < -0.4 is 5.73 Å². The third kappa shape index (κ3) is 4.04. The minimum atomic E-state index is -0.939. The second-order valence-corrected chi connectivity index (χ2v) is 6.34. The van der Waals surface area contributed by atoms with Gasteiger partial charge in [-0.1, -0.05) is 6.07 Å². The van der Waals surface area contributed by atoms with E-state index in [1.165, 1.54) is 0 Å². The second kappa shape index (κ2) is 5.85. The fourth-order valence-corrected chi connectivity index (χ4v) is 2.49. The molecule has 0 aliphatic carbocycles. The van der Waals surface area contributed by atoms with E-state index in [9.17, 15) is 9.59 Å². The monoisotopic (exact) mass is 290 g/mol. The Balaban J connectivity index is 2.06. The second-order valence-electron chi connectivity index (χ2n) is 6.34. The van der Waals surface area contributed by atoms with Gasteiger partial charge in [0.1, 0.15) is 0 Å². The molecule has 1 aromatic carbocycles. The van der Waals surface area contributed by atoms with Crippen molar-refractivity contribution in [2.24, 2.45) is 5.73 Å². The van der Waals surface area contributed by atoms with Gasteiger partial charge in [0.05, 0.1) is 5.56 Å². The molecule has 0 unspecified atom stereocenters. The van der Waals surface area contributed by atoms with Crippen molar-refractivity contribution in [3.8, 4) is 0 Å². The molecule has 1 amide bonds. The summed E-state index contributed by atoms with van der Waals surface area (Å²) in [5, 5.41) is 9.04. The first-order valence-electron chi connectivity index (χ1n) is 7.18. The molecule has 0 bridgehead atoms. The number of amides is 1. The minimum absolute atomic E-state index is 0.0832. The molecule has 5 nitrogen and oxygen atoms in total. The smallest absolute Gasteiger partial charge is 0.335 e. The van der Waals surface area contributed by atoms with Gasteiger partial charge in [0.25, 0.3) is 0 Å². The van der Waals surface area contributed by atoms with Gasteiger partial charge < -0.3 is 15.7 Å². The van der Waals surface area contributed by atoms with Crippen molar-refractivity contribution in [2.75, 3.05) is 6.54 Å². The largest absolute Gasteiger partial charge is 0.478 e. The van der Waals surface area contributed by atoms with E-state index in [1.807, 2.05) is 19.9 Å². The van der Waals surface area contributed by atoms with Crippen LogP contribution in [0.2, 0.25) is 0 Å². The lowest BCUT2D eigenvalue weighted by Gasteiger charge is -2.30. The number of nitrogens with two attached hydrogens (primary N) is 1. The van der Waals surface area contributed by atoms with Crippen LogP contribution in [-0.2, 0) is 17.8 Å². The number of carbonyl (C=O) groups excluding carboxylic acids is 1. The lowest BCUT2D eigenvalue weighted by molar-refractivity contribution is -0.132. The van der Waals surface area contributed by atoms with Crippen molar-refractivity contribution in [3.05, 3.63) is 34.9 Å². The number of fused-ring (bicyclic) bond motifs is 1. The van der Waals surface area contributed by atoms with Crippen LogP contribution in [0.4, 0.5) is 0 Å². The van der Waals surface area contributed by atoms with Crippen LogP contribution in [0.5, 0.6) is 0 Å². The zero-order chi connectivity index (χ0) is 15.6. The summed E-state index contributed by atoms with van der Waals surface area (Å²) < 4.78 is 0. The van der Waals surface area contributed by atoms with Gasteiger partial charge in [-0.3, -0.25) is 4.79 Å². The van der Waals surface area contributed by atoms with Crippen LogP contribution in [0.15, 0.2) is 18.2 Å². The van der Waals surface area contributed by atoms with E-state index in [1.54, 1.807) is 17.0 Å². The fourth-order valence-electron chi connectivity index (χ4n) is 2.49. The molecule has 2 rings (SSSR count). The highest BCUT2D eigenvalue weighted by molar-refractivity contribution is 5.88. The third-order valence-corrected chi connectivity index (χ3v) is 3.80. The Hall–Kier alpha value is -1.88. The predicted molar refractivity (Wildman–Crippen MR) is 80.0 cm³/mol. The van der Waals surface area contributed by atoms with Crippen LogP contribution >= 0.6 is 0 Å². The van der Waals surface area contributed by atoms with Gasteiger partial charge in [0.15, 0.2) is 0 Å². The first-order valence-corrected chi connectivity index (χ1v) is 7.18. The zero-order valence-corrected chi connectivity index (χ0v) is 12.6. The quantitative estimate of drug-likeness (QED) is 0.885. The molecular weight excluding hydrogens is 268 g/mol. The number of hydrogen-bond acceptors (Lipinski definition) is 3. The van der Waals surface area contributed by atoms with Gasteiger partial charge in [0, 0.05) is 25.0 Å². The van der Waals surface area contributed by atoms with Crippen LogP contribution in [0.3, 0.4) is 0 Å². The number of rotatable bonds is 4. The summed E-state index contributed by atoms with van der Waals surface area (Å²) in [6.07, 6.45) is 1.84. The standard InChI is InChI=1S/C16H22N2O3/c1-16(2,17)7-5-14(19)18-8-6-11-3-4-12(15(20)21)9-13(11)10-18/h3-4,9H,5-8,10,17H2,1-2H3,(H,20,21). The summed E-state index contributed by atoms with van der Waals surface area (Å²) in [7, 11) is 0. The highest BCUT2D eigenvalue weighted by Gasteiger charge is 2.23. The number of aromatic carboxylic acids is 1. The van der Waals surface area contributed by atoms with Gasteiger partial charge in [-0.2, -0.15) is 0 Å². The molecule has 1 aromatic rings. The summed E-state index contributed by atoms with van der Waals surface area (Å²) in [5.41, 5.74) is 7.89. The molecule has 0 spiro atoms. The third-order valence-electron chi connectivity index (χ3n) is 3.80. The normalized spacial score (nSPS) is 14.7. The topological polar surface area (TPSA) is 83.6 Å². The first kappa shape index (κ1) is 15.5.